The monoisotopic (exact) mass is 470 g/mol. The van der Waals surface area contributed by atoms with E-state index in [4.69, 9.17) is 0 Å². The molecule has 0 N–H and O–H groups in total. The first-order chi connectivity index (χ1) is 16.0. The van der Waals surface area contributed by atoms with Gasteiger partial charge in [0.25, 0.3) is 5.56 Å². The summed E-state index contributed by atoms with van der Waals surface area (Å²) >= 11 is 0. The molecule has 3 aromatic rings. The fraction of sp³-hybridized carbons (Fsp3) is 0.417. The first-order valence-corrected chi connectivity index (χ1v) is 11.0. The van der Waals surface area contributed by atoms with Crippen molar-refractivity contribution in [2.45, 2.75) is 45.1 Å². The second-order valence-electron chi connectivity index (χ2n) is 8.77. The minimum absolute atomic E-state index is 0.0409. The van der Waals surface area contributed by atoms with Gasteiger partial charge < -0.3 is 9.47 Å². The van der Waals surface area contributed by atoms with Crippen LogP contribution in [0.2, 0.25) is 0 Å². The van der Waals surface area contributed by atoms with Crippen LogP contribution < -0.4 is 10.5 Å². The lowest BCUT2D eigenvalue weighted by atomic mass is 10.0. The van der Waals surface area contributed by atoms with Gasteiger partial charge in [-0.05, 0) is 45.0 Å². The molecular weight excluding hydrogens is 445 g/mol. The molecule has 4 rings (SSSR count). The number of aryl methyl sites for hydroxylation is 1. The number of rotatable bonds is 3. The van der Waals surface area contributed by atoms with Crippen LogP contribution in [0.4, 0.5) is 18.9 Å². The van der Waals surface area contributed by atoms with Gasteiger partial charge in [0, 0.05) is 44.3 Å². The summed E-state index contributed by atoms with van der Waals surface area (Å²) in [6.07, 6.45) is -4.50. The van der Waals surface area contributed by atoms with E-state index in [9.17, 15) is 23.2 Å². The molecule has 4 heterocycles. The maximum atomic E-state index is 13.2. The smallest absolute Gasteiger partial charge is 0.364 e. The third kappa shape index (κ3) is 4.23. The fourth-order valence-corrected chi connectivity index (χ4v) is 4.63. The number of halogens is 3. The van der Waals surface area contributed by atoms with Gasteiger partial charge in [-0.25, -0.2) is 9.97 Å². The van der Waals surface area contributed by atoms with E-state index < -0.39 is 11.9 Å². The number of nitrogens with zero attached hydrogens (tertiary/aromatic N) is 6. The number of hydrogen-bond acceptors (Lipinski definition) is 6. The van der Waals surface area contributed by atoms with Gasteiger partial charge in [-0.3, -0.25) is 9.69 Å². The predicted octanol–water partition coefficient (Wildman–Crippen LogP) is 3.88. The van der Waals surface area contributed by atoms with Crippen molar-refractivity contribution in [1.29, 1.82) is 5.26 Å². The SMILES string of the molecule is CC(c1cccc(C(F)(F)F)n1)N1C[C@H](C)N(c2cc(=O)n(C)c3ccc(C#N)nc23)C[C@H]1C. The average molecular weight is 470 g/mol. The molecule has 1 saturated heterocycles. The number of alkyl halides is 3. The summed E-state index contributed by atoms with van der Waals surface area (Å²) in [6, 6.07) is 10.4. The molecule has 3 aromatic heterocycles. The molecule has 0 amide bonds. The largest absolute Gasteiger partial charge is 0.433 e. The number of aromatic nitrogens is 3. The van der Waals surface area contributed by atoms with E-state index >= 15 is 0 Å². The van der Waals surface area contributed by atoms with Gasteiger partial charge >= 0.3 is 6.18 Å². The van der Waals surface area contributed by atoms with E-state index in [1.165, 1.54) is 16.7 Å². The predicted molar refractivity (Wildman–Crippen MR) is 122 cm³/mol. The van der Waals surface area contributed by atoms with Gasteiger partial charge in [0.1, 0.15) is 23.0 Å². The zero-order valence-corrected chi connectivity index (χ0v) is 19.3. The van der Waals surface area contributed by atoms with Crippen molar-refractivity contribution >= 4 is 16.7 Å². The minimum atomic E-state index is -4.50. The third-order valence-electron chi connectivity index (χ3n) is 6.51. The van der Waals surface area contributed by atoms with Crippen LogP contribution in [0, 0.1) is 11.3 Å². The van der Waals surface area contributed by atoms with Crippen molar-refractivity contribution in [3.63, 3.8) is 0 Å². The summed E-state index contributed by atoms with van der Waals surface area (Å²) in [5.74, 6) is 0. The first kappa shape index (κ1) is 23.7. The lowest BCUT2D eigenvalue weighted by Gasteiger charge is -2.47. The molecule has 1 aliphatic rings. The van der Waals surface area contributed by atoms with Crippen molar-refractivity contribution in [3.8, 4) is 6.07 Å². The van der Waals surface area contributed by atoms with E-state index in [2.05, 4.69) is 19.8 Å². The normalized spacial score (nSPS) is 20.4. The number of fused-ring (bicyclic) bond motifs is 1. The second kappa shape index (κ2) is 8.72. The maximum Gasteiger partial charge on any atom is 0.433 e. The van der Waals surface area contributed by atoms with Crippen LogP contribution in [-0.4, -0.2) is 44.6 Å². The van der Waals surface area contributed by atoms with Crippen molar-refractivity contribution in [1.82, 2.24) is 19.4 Å². The van der Waals surface area contributed by atoms with Crippen LogP contribution in [-0.2, 0) is 13.2 Å². The highest BCUT2D eigenvalue weighted by molar-refractivity contribution is 5.89. The quantitative estimate of drug-likeness (QED) is 0.578. The van der Waals surface area contributed by atoms with Gasteiger partial charge in [-0.2, -0.15) is 18.4 Å². The topological polar surface area (TPSA) is 78.0 Å². The van der Waals surface area contributed by atoms with Crippen LogP contribution >= 0.6 is 0 Å². The van der Waals surface area contributed by atoms with Crippen molar-refractivity contribution in [2.75, 3.05) is 18.0 Å². The van der Waals surface area contributed by atoms with Crippen molar-refractivity contribution < 1.29 is 13.2 Å². The summed E-state index contributed by atoms with van der Waals surface area (Å²) in [7, 11) is 1.66. The van der Waals surface area contributed by atoms with Crippen LogP contribution in [0.1, 0.15) is 43.9 Å². The highest BCUT2D eigenvalue weighted by Gasteiger charge is 2.36. The summed E-state index contributed by atoms with van der Waals surface area (Å²) in [4.78, 5) is 25.2. The molecule has 178 valence electrons. The molecule has 1 aliphatic heterocycles. The number of anilines is 1. The Balaban J connectivity index is 1.67. The molecule has 7 nitrogen and oxygen atoms in total. The van der Waals surface area contributed by atoms with Gasteiger partial charge in [0.05, 0.1) is 16.9 Å². The minimum Gasteiger partial charge on any atom is -0.364 e. The molecule has 0 spiro atoms. The molecule has 0 aromatic carbocycles. The molecule has 0 radical (unpaired) electrons. The molecule has 34 heavy (non-hydrogen) atoms. The van der Waals surface area contributed by atoms with E-state index in [0.29, 0.717) is 35.5 Å². The fourth-order valence-electron chi connectivity index (χ4n) is 4.63. The summed E-state index contributed by atoms with van der Waals surface area (Å²) in [5.41, 5.74) is 1.39. The second-order valence-corrected chi connectivity index (χ2v) is 8.77. The summed E-state index contributed by atoms with van der Waals surface area (Å²) < 4.78 is 41.0. The third-order valence-corrected chi connectivity index (χ3v) is 6.51. The first-order valence-electron chi connectivity index (χ1n) is 11.0. The van der Waals surface area contributed by atoms with E-state index in [1.807, 2.05) is 26.8 Å². The summed E-state index contributed by atoms with van der Waals surface area (Å²) in [5, 5.41) is 9.31. The number of piperazine rings is 1. The Morgan fingerprint density at radius 2 is 1.85 bits per heavy atom. The van der Waals surface area contributed by atoms with Crippen molar-refractivity contribution in [2.24, 2.45) is 7.05 Å². The van der Waals surface area contributed by atoms with Crippen LogP contribution in [0.5, 0.6) is 0 Å². The number of pyridine rings is 3. The van der Waals surface area contributed by atoms with Crippen LogP contribution in [0.3, 0.4) is 0 Å². The Bertz CT molecular complexity index is 1330. The lowest BCUT2D eigenvalue weighted by molar-refractivity contribution is -0.141. The Hall–Kier alpha value is -3.45. The molecule has 10 heteroatoms. The lowest BCUT2D eigenvalue weighted by Crippen LogP contribution is -2.57. The summed E-state index contributed by atoms with van der Waals surface area (Å²) in [6.45, 7) is 6.94. The van der Waals surface area contributed by atoms with Gasteiger partial charge in [0.15, 0.2) is 0 Å². The Labute approximate surface area is 195 Å². The standard InChI is InChI=1S/C24H25F3N6O/c1-14-13-33(20-10-22(34)31(4)19-9-8-17(11-28)29-23(19)20)15(2)12-32(14)16(3)18-6-5-7-21(30-18)24(25,26)27/h5-10,14-16H,12-13H2,1-4H3/t14-,15+,16?/m1/s1. The van der Waals surface area contributed by atoms with Crippen LogP contribution in [0.25, 0.3) is 11.0 Å². The van der Waals surface area contributed by atoms with E-state index in [1.54, 1.807) is 25.2 Å². The zero-order valence-electron chi connectivity index (χ0n) is 19.3. The molecule has 1 unspecified atom stereocenters. The average Bonchev–Trinajstić information content (AvgIpc) is 2.81. The molecule has 3 atom stereocenters. The van der Waals surface area contributed by atoms with Gasteiger partial charge in [-0.1, -0.05) is 6.07 Å². The molecule has 0 bridgehead atoms. The molecule has 0 aliphatic carbocycles. The van der Waals surface area contributed by atoms with Crippen LogP contribution in [0.15, 0.2) is 41.2 Å². The Kier molecular flexibility index (Phi) is 6.08. The molecule has 0 saturated carbocycles. The highest BCUT2D eigenvalue weighted by atomic mass is 19.4. The van der Waals surface area contributed by atoms with E-state index in [-0.39, 0.29) is 29.4 Å². The number of nitriles is 1. The Morgan fingerprint density at radius 3 is 2.53 bits per heavy atom. The van der Waals surface area contributed by atoms with E-state index in [0.717, 1.165) is 6.07 Å². The van der Waals surface area contributed by atoms with Gasteiger partial charge in [0.2, 0.25) is 0 Å². The molecule has 1 fully saturated rings. The molecular formula is C24H25F3N6O. The van der Waals surface area contributed by atoms with Crippen molar-refractivity contribution in [3.05, 3.63) is 63.8 Å². The Morgan fingerprint density at radius 1 is 1.12 bits per heavy atom. The maximum absolute atomic E-state index is 13.2. The number of hydrogen-bond donors (Lipinski definition) is 0. The zero-order chi connectivity index (χ0) is 24.8. The highest BCUT2D eigenvalue weighted by Crippen LogP contribution is 2.33. The van der Waals surface area contributed by atoms with Gasteiger partial charge in [-0.15, -0.1) is 0 Å².